The van der Waals surface area contributed by atoms with Crippen molar-refractivity contribution in [1.82, 2.24) is 9.88 Å². The van der Waals surface area contributed by atoms with E-state index >= 15 is 0 Å². The molecular formula is C26H25N3O5S2. The van der Waals surface area contributed by atoms with Gasteiger partial charge < -0.3 is 19.0 Å². The van der Waals surface area contributed by atoms with Gasteiger partial charge in [0.15, 0.2) is 6.61 Å². The molecule has 36 heavy (non-hydrogen) atoms. The van der Waals surface area contributed by atoms with Crippen LogP contribution >= 0.6 is 11.3 Å². The summed E-state index contributed by atoms with van der Waals surface area (Å²) in [6.07, 6.45) is 0. The number of nitrogens with zero attached hydrogens (tertiary/aromatic N) is 3. The lowest BCUT2D eigenvalue weighted by Crippen LogP contribution is -2.50. The van der Waals surface area contributed by atoms with Crippen LogP contribution in [0.2, 0.25) is 0 Å². The molecule has 1 amide bonds. The van der Waals surface area contributed by atoms with Gasteiger partial charge in [0.25, 0.3) is 5.91 Å². The predicted octanol–water partition coefficient (Wildman–Crippen LogP) is 4.27. The van der Waals surface area contributed by atoms with Crippen LogP contribution in [0.15, 0.2) is 86.4 Å². The lowest BCUT2D eigenvalue weighted by molar-refractivity contribution is -0.133. The fourth-order valence-corrected chi connectivity index (χ4v) is 5.99. The minimum atomic E-state index is -3.90. The largest absolute Gasteiger partial charge is 0.484 e. The molecule has 1 aliphatic rings. The van der Waals surface area contributed by atoms with Crippen LogP contribution in [-0.2, 0) is 14.6 Å². The first-order chi connectivity index (χ1) is 17.4. The second kappa shape index (κ2) is 10.2. The van der Waals surface area contributed by atoms with Crippen LogP contribution in [0.25, 0.3) is 10.8 Å². The van der Waals surface area contributed by atoms with Gasteiger partial charge in [-0.2, -0.15) is 4.98 Å². The summed E-state index contributed by atoms with van der Waals surface area (Å²) in [4.78, 5) is 21.6. The summed E-state index contributed by atoms with van der Waals surface area (Å²) >= 11 is 1.42. The van der Waals surface area contributed by atoms with Gasteiger partial charge in [-0.05, 0) is 42.1 Å². The van der Waals surface area contributed by atoms with Crippen LogP contribution in [0.5, 0.6) is 5.75 Å². The average Bonchev–Trinajstić information content (AvgIpc) is 3.59. The number of ether oxygens (including phenoxy) is 1. The van der Waals surface area contributed by atoms with Gasteiger partial charge in [0.1, 0.15) is 5.75 Å². The molecule has 0 atom stereocenters. The Kier molecular flexibility index (Phi) is 6.80. The van der Waals surface area contributed by atoms with Gasteiger partial charge in [0.05, 0.1) is 9.77 Å². The minimum absolute atomic E-state index is 0.0523. The maximum absolute atomic E-state index is 13.5. The Bertz CT molecular complexity index is 1440. The number of anilines is 1. The quantitative estimate of drug-likeness (QED) is 0.357. The number of carbonyl (C=O) groups is 1. The zero-order chi connectivity index (χ0) is 25.1. The first-order valence-electron chi connectivity index (χ1n) is 11.5. The van der Waals surface area contributed by atoms with Gasteiger partial charge in [-0.15, -0.1) is 11.3 Å². The van der Waals surface area contributed by atoms with E-state index in [-0.39, 0.29) is 34.2 Å². The zero-order valence-corrected chi connectivity index (χ0v) is 21.3. The molecule has 0 aliphatic carbocycles. The summed E-state index contributed by atoms with van der Waals surface area (Å²) in [7, 11) is -3.90. The van der Waals surface area contributed by atoms with Gasteiger partial charge in [0, 0.05) is 26.2 Å². The first-order valence-corrected chi connectivity index (χ1v) is 13.9. The van der Waals surface area contributed by atoms with E-state index in [1.165, 1.54) is 11.3 Å². The molecule has 186 valence electrons. The Morgan fingerprint density at radius 3 is 2.42 bits per heavy atom. The summed E-state index contributed by atoms with van der Waals surface area (Å²) in [6, 6.07) is 19.5. The van der Waals surface area contributed by atoms with Crippen LogP contribution in [0.3, 0.4) is 0 Å². The number of oxazole rings is 1. The van der Waals surface area contributed by atoms with Crippen molar-refractivity contribution in [2.75, 3.05) is 37.7 Å². The van der Waals surface area contributed by atoms with Crippen molar-refractivity contribution < 1.29 is 22.4 Å². The van der Waals surface area contributed by atoms with E-state index in [0.717, 1.165) is 10.4 Å². The lowest BCUT2D eigenvalue weighted by atomic mass is 10.2. The second-order valence-electron chi connectivity index (χ2n) is 8.35. The minimum Gasteiger partial charge on any atom is -0.484 e. The molecule has 0 radical (unpaired) electrons. The molecule has 2 aromatic carbocycles. The molecule has 5 rings (SSSR count). The number of rotatable bonds is 7. The maximum Gasteiger partial charge on any atom is 0.260 e. The summed E-state index contributed by atoms with van der Waals surface area (Å²) in [6.45, 7) is 3.52. The maximum atomic E-state index is 13.5. The van der Waals surface area contributed by atoms with E-state index in [9.17, 15) is 13.2 Å². The highest BCUT2D eigenvalue weighted by molar-refractivity contribution is 7.91. The number of thiophene rings is 1. The number of benzene rings is 2. The lowest BCUT2D eigenvalue weighted by Gasteiger charge is -2.34. The number of sulfone groups is 1. The molecule has 8 nitrogen and oxygen atoms in total. The van der Waals surface area contributed by atoms with Crippen molar-refractivity contribution in [3.63, 3.8) is 0 Å². The Morgan fingerprint density at radius 2 is 1.72 bits per heavy atom. The van der Waals surface area contributed by atoms with Crippen molar-refractivity contribution in [2.24, 2.45) is 0 Å². The molecule has 10 heteroatoms. The van der Waals surface area contributed by atoms with Gasteiger partial charge in [-0.25, -0.2) is 8.42 Å². The van der Waals surface area contributed by atoms with E-state index in [0.29, 0.717) is 31.9 Å². The normalized spacial score (nSPS) is 14.1. The highest BCUT2D eigenvalue weighted by Gasteiger charge is 2.33. The van der Waals surface area contributed by atoms with Crippen molar-refractivity contribution in [3.8, 4) is 16.5 Å². The molecule has 0 N–H and O–H groups in total. The number of amides is 1. The molecule has 0 unspecified atom stereocenters. The average molecular weight is 524 g/mol. The third-order valence-electron chi connectivity index (χ3n) is 5.98. The molecule has 0 saturated carbocycles. The van der Waals surface area contributed by atoms with Crippen molar-refractivity contribution in [2.45, 2.75) is 16.8 Å². The number of carbonyl (C=O) groups excluding carboxylic acids is 1. The number of aromatic nitrogens is 1. The summed E-state index contributed by atoms with van der Waals surface area (Å²) < 4.78 is 38.7. The van der Waals surface area contributed by atoms with Gasteiger partial charge in [0.2, 0.25) is 26.6 Å². The van der Waals surface area contributed by atoms with E-state index < -0.39 is 9.84 Å². The summed E-state index contributed by atoms with van der Waals surface area (Å²) in [5.74, 6) is 1.03. The third-order valence-corrected chi connectivity index (χ3v) is 8.51. The zero-order valence-electron chi connectivity index (χ0n) is 19.7. The van der Waals surface area contributed by atoms with Gasteiger partial charge in [-0.3, -0.25) is 4.79 Å². The third kappa shape index (κ3) is 4.87. The standard InChI is InChI=1S/C26H25N3O5S2/c1-19-8-5-6-11-21(19)33-18-23(30)28-13-15-29(16-14-28)26-25(27-24(34-26)22-12-7-17-35-22)36(31,32)20-9-3-2-4-10-20/h2-12,17H,13-16,18H2,1H3. The van der Waals surface area contributed by atoms with Crippen molar-refractivity contribution >= 4 is 33.0 Å². The van der Waals surface area contributed by atoms with Crippen LogP contribution in [-0.4, -0.2) is 57.0 Å². The Balaban J connectivity index is 1.34. The Labute approximate surface area is 213 Å². The molecule has 0 spiro atoms. The van der Waals surface area contributed by atoms with Crippen LogP contribution in [0, 0.1) is 6.92 Å². The fourth-order valence-electron chi connectivity index (χ4n) is 4.00. The number of para-hydroxylation sites is 1. The van der Waals surface area contributed by atoms with Gasteiger partial charge in [-0.1, -0.05) is 42.5 Å². The van der Waals surface area contributed by atoms with Gasteiger partial charge >= 0.3 is 0 Å². The number of aryl methyl sites for hydroxylation is 1. The van der Waals surface area contributed by atoms with Crippen LogP contribution in [0.1, 0.15) is 5.56 Å². The van der Waals surface area contributed by atoms with Crippen molar-refractivity contribution in [1.29, 1.82) is 0 Å². The smallest absolute Gasteiger partial charge is 0.260 e. The van der Waals surface area contributed by atoms with E-state index in [1.54, 1.807) is 35.2 Å². The second-order valence-corrected chi connectivity index (χ2v) is 11.2. The topological polar surface area (TPSA) is 92.9 Å². The highest BCUT2D eigenvalue weighted by Crippen LogP contribution is 2.36. The summed E-state index contributed by atoms with van der Waals surface area (Å²) in [5.41, 5.74) is 0.967. The van der Waals surface area contributed by atoms with Crippen LogP contribution in [0.4, 0.5) is 5.88 Å². The monoisotopic (exact) mass is 523 g/mol. The molecule has 4 aromatic rings. The molecule has 0 bridgehead atoms. The fraction of sp³-hybridized carbons (Fsp3) is 0.231. The number of hydrogen-bond donors (Lipinski definition) is 0. The van der Waals surface area contributed by atoms with Crippen LogP contribution < -0.4 is 9.64 Å². The summed E-state index contributed by atoms with van der Waals surface area (Å²) in [5, 5.41) is 1.77. The first kappa shape index (κ1) is 24.1. The molecule has 1 saturated heterocycles. The molecule has 3 heterocycles. The number of hydrogen-bond acceptors (Lipinski definition) is 8. The predicted molar refractivity (Wildman–Crippen MR) is 137 cm³/mol. The Morgan fingerprint density at radius 1 is 1.00 bits per heavy atom. The van der Waals surface area contributed by atoms with E-state index in [1.807, 2.05) is 53.6 Å². The number of piperazine rings is 1. The molecule has 1 aliphatic heterocycles. The SMILES string of the molecule is Cc1ccccc1OCC(=O)N1CCN(c2oc(-c3cccs3)nc2S(=O)(=O)c2ccccc2)CC1. The Hall–Kier alpha value is -3.63. The molecule has 2 aromatic heterocycles. The molecule has 1 fully saturated rings. The highest BCUT2D eigenvalue weighted by atomic mass is 32.2. The molecular weight excluding hydrogens is 498 g/mol. The van der Waals surface area contributed by atoms with Crippen molar-refractivity contribution in [3.05, 3.63) is 77.7 Å². The van der Waals surface area contributed by atoms with E-state index in [4.69, 9.17) is 9.15 Å². The van der Waals surface area contributed by atoms with E-state index in [2.05, 4.69) is 4.98 Å².